The highest BCUT2D eigenvalue weighted by Gasteiger charge is 2.33. The zero-order valence-electron chi connectivity index (χ0n) is 11.6. The van der Waals surface area contributed by atoms with Crippen LogP contribution in [0, 0.1) is 0 Å². The van der Waals surface area contributed by atoms with E-state index in [2.05, 4.69) is 17.2 Å². The van der Waals surface area contributed by atoms with Crippen LogP contribution in [0.2, 0.25) is 0 Å². The quantitative estimate of drug-likeness (QED) is 0.922. The van der Waals surface area contributed by atoms with Gasteiger partial charge in [0.2, 0.25) is 0 Å². The summed E-state index contributed by atoms with van der Waals surface area (Å²) in [7, 11) is 0. The Labute approximate surface area is 117 Å². The van der Waals surface area contributed by atoms with Crippen LogP contribution < -0.4 is 10.2 Å². The van der Waals surface area contributed by atoms with Crippen LogP contribution in [0.1, 0.15) is 31.9 Å². The minimum absolute atomic E-state index is 0.425. The third kappa shape index (κ3) is 3.85. The molecule has 1 aliphatic rings. The SMILES string of the molecule is CCCNC1CCN(c2cccc(C(F)(F)F)n2)CC1. The van der Waals surface area contributed by atoms with Gasteiger partial charge in [0.15, 0.2) is 0 Å². The van der Waals surface area contributed by atoms with Gasteiger partial charge in [0.05, 0.1) is 0 Å². The number of hydrogen-bond acceptors (Lipinski definition) is 3. The molecule has 0 aromatic carbocycles. The molecule has 0 unspecified atom stereocenters. The first-order valence-corrected chi connectivity index (χ1v) is 7.03. The van der Waals surface area contributed by atoms with Crippen LogP contribution in [-0.2, 0) is 6.18 Å². The molecule has 0 saturated carbocycles. The molecule has 112 valence electrons. The van der Waals surface area contributed by atoms with E-state index in [1.807, 2.05) is 4.90 Å². The van der Waals surface area contributed by atoms with Crippen LogP contribution in [0.3, 0.4) is 0 Å². The fourth-order valence-corrected chi connectivity index (χ4v) is 2.42. The van der Waals surface area contributed by atoms with Crippen molar-refractivity contribution >= 4 is 5.82 Å². The van der Waals surface area contributed by atoms with Gasteiger partial charge >= 0.3 is 6.18 Å². The summed E-state index contributed by atoms with van der Waals surface area (Å²) in [5, 5.41) is 3.45. The van der Waals surface area contributed by atoms with Crippen LogP contribution in [0.5, 0.6) is 0 Å². The molecule has 0 spiro atoms. The average Bonchev–Trinajstić information content (AvgIpc) is 2.45. The van der Waals surface area contributed by atoms with E-state index in [0.29, 0.717) is 11.9 Å². The number of pyridine rings is 1. The Morgan fingerprint density at radius 2 is 2.00 bits per heavy atom. The van der Waals surface area contributed by atoms with E-state index in [9.17, 15) is 13.2 Å². The van der Waals surface area contributed by atoms with Gasteiger partial charge in [-0.3, -0.25) is 0 Å². The first-order valence-electron chi connectivity index (χ1n) is 7.03. The van der Waals surface area contributed by atoms with Crippen molar-refractivity contribution in [1.82, 2.24) is 10.3 Å². The lowest BCUT2D eigenvalue weighted by molar-refractivity contribution is -0.141. The van der Waals surface area contributed by atoms with Gasteiger partial charge in [-0.25, -0.2) is 4.98 Å². The highest BCUT2D eigenvalue weighted by Crippen LogP contribution is 2.29. The van der Waals surface area contributed by atoms with Crippen molar-refractivity contribution in [2.24, 2.45) is 0 Å². The minimum Gasteiger partial charge on any atom is -0.356 e. The molecule has 0 aliphatic carbocycles. The molecule has 0 radical (unpaired) electrons. The van der Waals surface area contributed by atoms with E-state index in [4.69, 9.17) is 0 Å². The Morgan fingerprint density at radius 1 is 1.30 bits per heavy atom. The van der Waals surface area contributed by atoms with Crippen molar-refractivity contribution in [1.29, 1.82) is 0 Å². The summed E-state index contributed by atoms with van der Waals surface area (Å²) < 4.78 is 37.9. The largest absolute Gasteiger partial charge is 0.433 e. The number of anilines is 1. The van der Waals surface area contributed by atoms with E-state index < -0.39 is 11.9 Å². The molecule has 0 amide bonds. The van der Waals surface area contributed by atoms with Gasteiger partial charge in [-0.2, -0.15) is 13.2 Å². The number of rotatable bonds is 4. The highest BCUT2D eigenvalue weighted by molar-refractivity contribution is 5.40. The lowest BCUT2D eigenvalue weighted by Crippen LogP contribution is -2.43. The molecular formula is C14H20F3N3. The predicted molar refractivity (Wildman–Crippen MR) is 72.8 cm³/mol. The van der Waals surface area contributed by atoms with Crippen molar-refractivity contribution in [3.05, 3.63) is 23.9 Å². The third-order valence-electron chi connectivity index (χ3n) is 3.53. The van der Waals surface area contributed by atoms with Crippen LogP contribution in [0.4, 0.5) is 19.0 Å². The van der Waals surface area contributed by atoms with Crippen molar-refractivity contribution in [2.75, 3.05) is 24.5 Å². The Morgan fingerprint density at radius 3 is 2.60 bits per heavy atom. The maximum absolute atomic E-state index is 12.6. The number of halogens is 3. The second kappa shape index (κ2) is 6.43. The number of piperidine rings is 1. The summed E-state index contributed by atoms with van der Waals surface area (Å²) in [5.74, 6) is 0.425. The number of nitrogens with one attached hydrogen (secondary N) is 1. The number of nitrogens with zero attached hydrogens (tertiary/aromatic N) is 2. The molecule has 0 bridgehead atoms. The first-order chi connectivity index (χ1) is 9.50. The van der Waals surface area contributed by atoms with Gasteiger partial charge in [-0.1, -0.05) is 13.0 Å². The lowest BCUT2D eigenvalue weighted by atomic mass is 10.0. The zero-order chi connectivity index (χ0) is 14.6. The summed E-state index contributed by atoms with van der Waals surface area (Å²) in [6, 6.07) is 4.55. The summed E-state index contributed by atoms with van der Waals surface area (Å²) >= 11 is 0. The second-order valence-electron chi connectivity index (χ2n) is 5.09. The number of aromatic nitrogens is 1. The van der Waals surface area contributed by atoms with Crippen LogP contribution in [-0.4, -0.2) is 30.7 Å². The van der Waals surface area contributed by atoms with Gasteiger partial charge in [0, 0.05) is 19.1 Å². The molecule has 20 heavy (non-hydrogen) atoms. The molecule has 1 N–H and O–H groups in total. The molecule has 1 fully saturated rings. The number of hydrogen-bond donors (Lipinski definition) is 1. The van der Waals surface area contributed by atoms with Gasteiger partial charge in [-0.05, 0) is 37.9 Å². The van der Waals surface area contributed by atoms with Crippen LogP contribution in [0.25, 0.3) is 0 Å². The summed E-state index contributed by atoms with van der Waals surface area (Å²) in [5.41, 5.74) is -0.818. The minimum atomic E-state index is -4.38. The summed E-state index contributed by atoms with van der Waals surface area (Å²) in [6.07, 6.45) is -1.40. The fraction of sp³-hybridized carbons (Fsp3) is 0.643. The van der Waals surface area contributed by atoms with Gasteiger partial charge < -0.3 is 10.2 Å². The standard InChI is InChI=1S/C14H20F3N3/c1-2-8-18-11-6-9-20(10-7-11)13-5-3-4-12(19-13)14(15,16)17/h3-5,11,18H,2,6-10H2,1H3. The molecule has 3 nitrogen and oxygen atoms in total. The smallest absolute Gasteiger partial charge is 0.356 e. The van der Waals surface area contributed by atoms with Crippen molar-refractivity contribution in [3.8, 4) is 0 Å². The highest BCUT2D eigenvalue weighted by atomic mass is 19.4. The molecule has 1 aromatic heterocycles. The molecule has 2 rings (SSSR count). The fourth-order valence-electron chi connectivity index (χ4n) is 2.42. The summed E-state index contributed by atoms with van der Waals surface area (Å²) in [4.78, 5) is 5.67. The molecule has 1 aliphatic heterocycles. The third-order valence-corrected chi connectivity index (χ3v) is 3.53. The molecule has 1 saturated heterocycles. The van der Waals surface area contributed by atoms with E-state index in [-0.39, 0.29) is 0 Å². The van der Waals surface area contributed by atoms with Crippen LogP contribution >= 0.6 is 0 Å². The Bertz CT molecular complexity index is 426. The maximum Gasteiger partial charge on any atom is 0.433 e. The second-order valence-corrected chi connectivity index (χ2v) is 5.09. The summed E-state index contributed by atoms with van der Waals surface area (Å²) in [6.45, 7) is 4.60. The van der Waals surface area contributed by atoms with E-state index in [1.54, 1.807) is 6.07 Å². The normalized spacial score (nSPS) is 17.5. The van der Waals surface area contributed by atoms with Gasteiger partial charge in [0.25, 0.3) is 0 Å². The Hall–Kier alpha value is -1.30. The van der Waals surface area contributed by atoms with E-state index >= 15 is 0 Å². The maximum atomic E-state index is 12.6. The van der Waals surface area contributed by atoms with E-state index in [0.717, 1.165) is 45.0 Å². The zero-order valence-corrected chi connectivity index (χ0v) is 11.6. The molecule has 2 heterocycles. The lowest BCUT2D eigenvalue weighted by Gasteiger charge is -2.33. The van der Waals surface area contributed by atoms with Crippen LogP contribution in [0.15, 0.2) is 18.2 Å². The monoisotopic (exact) mass is 287 g/mol. The predicted octanol–water partition coefficient (Wildman–Crippen LogP) is 3.07. The van der Waals surface area contributed by atoms with Crippen molar-refractivity contribution < 1.29 is 13.2 Å². The van der Waals surface area contributed by atoms with Crippen molar-refractivity contribution in [2.45, 2.75) is 38.4 Å². The van der Waals surface area contributed by atoms with Gasteiger partial charge in [-0.15, -0.1) is 0 Å². The molecule has 0 atom stereocenters. The Balaban J connectivity index is 1.97. The molecular weight excluding hydrogens is 267 g/mol. The average molecular weight is 287 g/mol. The Kier molecular flexibility index (Phi) is 4.86. The first kappa shape index (κ1) is 15.1. The number of alkyl halides is 3. The van der Waals surface area contributed by atoms with Crippen molar-refractivity contribution in [3.63, 3.8) is 0 Å². The van der Waals surface area contributed by atoms with Gasteiger partial charge in [0.1, 0.15) is 11.5 Å². The molecule has 6 heteroatoms. The van der Waals surface area contributed by atoms with E-state index in [1.165, 1.54) is 6.07 Å². The molecule has 1 aromatic rings. The topological polar surface area (TPSA) is 28.2 Å².